The van der Waals surface area contributed by atoms with Gasteiger partial charge in [-0.15, -0.1) is 11.3 Å². The van der Waals surface area contributed by atoms with E-state index in [0.717, 1.165) is 10.6 Å². The molecule has 1 heterocycles. The summed E-state index contributed by atoms with van der Waals surface area (Å²) in [6, 6.07) is 5.03. The molecule has 0 spiro atoms. The number of phenolic OH excluding ortho intramolecular Hbond substituents is 1. The second kappa shape index (κ2) is 5.81. The van der Waals surface area contributed by atoms with Crippen LogP contribution in [0.1, 0.15) is 21.1 Å². The number of amides is 1. The average molecular weight is 277 g/mol. The molecule has 19 heavy (non-hydrogen) atoms. The second-order valence-corrected chi connectivity index (χ2v) is 5.08. The fourth-order valence-corrected chi connectivity index (χ4v) is 2.38. The summed E-state index contributed by atoms with van der Waals surface area (Å²) < 4.78 is 0. The molecule has 0 radical (unpaired) electrons. The molecule has 1 aromatic carbocycles. The molecule has 0 atom stereocenters. The normalized spacial score (nSPS) is 10.4. The zero-order chi connectivity index (χ0) is 13.8. The molecule has 5 nitrogen and oxygen atoms in total. The summed E-state index contributed by atoms with van der Waals surface area (Å²) in [5, 5.41) is 14.8. The molecule has 0 aliphatic heterocycles. The molecule has 0 unspecified atom stereocenters. The van der Waals surface area contributed by atoms with Gasteiger partial charge in [0, 0.05) is 11.8 Å². The number of thiazole rings is 1. The number of nitrogens with zero attached hydrogens (tertiary/aromatic N) is 1. The van der Waals surface area contributed by atoms with E-state index in [9.17, 15) is 9.90 Å². The quantitative estimate of drug-likeness (QED) is 0.745. The lowest BCUT2D eigenvalue weighted by Gasteiger charge is -2.06. The number of carbonyl (C=O) groups is 1. The Kier molecular flexibility index (Phi) is 4.13. The number of nitrogens with one attached hydrogen (secondary N) is 1. The van der Waals surface area contributed by atoms with Gasteiger partial charge in [0.25, 0.3) is 5.91 Å². The summed E-state index contributed by atoms with van der Waals surface area (Å²) in [5.41, 5.74) is 7.12. The van der Waals surface area contributed by atoms with E-state index in [-0.39, 0.29) is 11.7 Å². The molecule has 0 saturated heterocycles. The first kappa shape index (κ1) is 13.5. The van der Waals surface area contributed by atoms with Crippen molar-refractivity contribution >= 4 is 22.9 Å². The van der Waals surface area contributed by atoms with Gasteiger partial charge in [0.2, 0.25) is 0 Å². The van der Waals surface area contributed by atoms with E-state index in [1.807, 2.05) is 6.92 Å². The van der Waals surface area contributed by atoms with Crippen molar-refractivity contribution in [3.63, 3.8) is 0 Å². The molecule has 0 fully saturated rings. The molecule has 100 valence electrons. The number of aryl methyl sites for hydroxylation is 1. The molecule has 2 rings (SSSR count). The van der Waals surface area contributed by atoms with Crippen LogP contribution in [0.2, 0.25) is 0 Å². The molecule has 0 bridgehead atoms. The minimum atomic E-state index is -0.333. The van der Waals surface area contributed by atoms with Crippen LogP contribution in [0.25, 0.3) is 0 Å². The Labute approximate surface area is 115 Å². The Morgan fingerprint density at radius 2 is 2.32 bits per heavy atom. The van der Waals surface area contributed by atoms with Gasteiger partial charge >= 0.3 is 0 Å². The first-order valence-corrected chi connectivity index (χ1v) is 6.73. The lowest BCUT2D eigenvalue weighted by atomic mass is 10.2. The van der Waals surface area contributed by atoms with Crippen molar-refractivity contribution in [1.29, 1.82) is 0 Å². The molecule has 2 aromatic rings. The molecule has 0 saturated carbocycles. The van der Waals surface area contributed by atoms with Gasteiger partial charge in [-0.3, -0.25) is 4.79 Å². The standard InChI is InChI=1S/C13H15N3O2S/c1-8-2-3-11(17)9(6-8)16-13(18)10-7-19-12(15-10)4-5-14/h2-3,6-7,17H,4-5,14H2,1H3,(H,16,18). The average Bonchev–Trinajstić information content (AvgIpc) is 2.83. The van der Waals surface area contributed by atoms with E-state index in [1.165, 1.54) is 11.3 Å². The van der Waals surface area contributed by atoms with E-state index < -0.39 is 0 Å². The highest BCUT2D eigenvalue weighted by atomic mass is 32.1. The van der Waals surface area contributed by atoms with Crippen LogP contribution in [0.15, 0.2) is 23.6 Å². The van der Waals surface area contributed by atoms with Crippen molar-refractivity contribution in [2.24, 2.45) is 5.73 Å². The van der Waals surface area contributed by atoms with Crippen LogP contribution in [0.4, 0.5) is 5.69 Å². The Hall–Kier alpha value is -1.92. The lowest BCUT2D eigenvalue weighted by molar-refractivity contribution is 0.102. The summed E-state index contributed by atoms with van der Waals surface area (Å²) >= 11 is 1.41. The molecule has 1 amide bonds. The van der Waals surface area contributed by atoms with E-state index >= 15 is 0 Å². The number of phenols is 1. The van der Waals surface area contributed by atoms with Gasteiger partial charge in [-0.05, 0) is 31.2 Å². The number of rotatable bonds is 4. The predicted molar refractivity (Wildman–Crippen MR) is 75.7 cm³/mol. The number of benzene rings is 1. The lowest BCUT2D eigenvalue weighted by Crippen LogP contribution is -2.13. The van der Waals surface area contributed by atoms with Gasteiger partial charge in [-0.25, -0.2) is 4.98 Å². The van der Waals surface area contributed by atoms with Crippen molar-refractivity contribution in [2.75, 3.05) is 11.9 Å². The van der Waals surface area contributed by atoms with Crippen LogP contribution in [0.5, 0.6) is 5.75 Å². The van der Waals surface area contributed by atoms with Crippen molar-refractivity contribution in [3.8, 4) is 5.75 Å². The van der Waals surface area contributed by atoms with Crippen LogP contribution in [0.3, 0.4) is 0 Å². The first-order valence-electron chi connectivity index (χ1n) is 5.85. The highest BCUT2D eigenvalue weighted by molar-refractivity contribution is 7.09. The van der Waals surface area contributed by atoms with Gasteiger partial charge in [0.05, 0.1) is 10.7 Å². The number of anilines is 1. The van der Waals surface area contributed by atoms with Crippen LogP contribution < -0.4 is 11.1 Å². The van der Waals surface area contributed by atoms with Crippen LogP contribution in [-0.2, 0) is 6.42 Å². The summed E-state index contributed by atoms with van der Waals surface area (Å²) in [7, 11) is 0. The third-order valence-electron chi connectivity index (χ3n) is 2.54. The molecular weight excluding hydrogens is 262 g/mol. The van der Waals surface area contributed by atoms with Crippen LogP contribution >= 0.6 is 11.3 Å². The molecule has 0 aliphatic rings. The fourth-order valence-electron chi connectivity index (χ4n) is 1.59. The minimum absolute atomic E-state index is 0.0383. The highest BCUT2D eigenvalue weighted by Gasteiger charge is 2.12. The molecule has 0 aliphatic carbocycles. The number of hydrogen-bond acceptors (Lipinski definition) is 5. The minimum Gasteiger partial charge on any atom is -0.506 e. The van der Waals surface area contributed by atoms with Gasteiger partial charge in [0.15, 0.2) is 0 Å². The van der Waals surface area contributed by atoms with E-state index in [4.69, 9.17) is 5.73 Å². The van der Waals surface area contributed by atoms with Crippen molar-refractivity contribution in [2.45, 2.75) is 13.3 Å². The zero-order valence-corrected chi connectivity index (χ0v) is 11.3. The maximum absolute atomic E-state index is 12.0. The Bertz CT molecular complexity index is 595. The highest BCUT2D eigenvalue weighted by Crippen LogP contribution is 2.24. The van der Waals surface area contributed by atoms with Crippen molar-refractivity contribution < 1.29 is 9.90 Å². The third-order valence-corrected chi connectivity index (χ3v) is 3.45. The van der Waals surface area contributed by atoms with Crippen molar-refractivity contribution in [3.05, 3.63) is 39.8 Å². The number of nitrogens with two attached hydrogens (primary N) is 1. The Morgan fingerprint density at radius 1 is 1.53 bits per heavy atom. The van der Waals surface area contributed by atoms with Gasteiger partial charge in [-0.1, -0.05) is 6.07 Å². The summed E-state index contributed by atoms with van der Waals surface area (Å²) in [6.45, 7) is 2.39. The monoisotopic (exact) mass is 277 g/mol. The smallest absolute Gasteiger partial charge is 0.275 e. The SMILES string of the molecule is Cc1ccc(O)c(NC(=O)c2csc(CCN)n2)c1. The molecule has 1 aromatic heterocycles. The fraction of sp³-hybridized carbons (Fsp3) is 0.231. The zero-order valence-electron chi connectivity index (χ0n) is 10.5. The van der Waals surface area contributed by atoms with E-state index in [2.05, 4.69) is 10.3 Å². The largest absolute Gasteiger partial charge is 0.506 e. The van der Waals surface area contributed by atoms with Crippen LogP contribution in [-0.4, -0.2) is 22.5 Å². The number of aromatic hydroxyl groups is 1. The molecule has 4 N–H and O–H groups in total. The Balaban J connectivity index is 2.13. The summed E-state index contributed by atoms with van der Waals surface area (Å²) in [5.74, 6) is -0.295. The maximum Gasteiger partial charge on any atom is 0.275 e. The summed E-state index contributed by atoms with van der Waals surface area (Å²) in [4.78, 5) is 16.2. The van der Waals surface area contributed by atoms with Crippen LogP contribution in [0, 0.1) is 6.92 Å². The predicted octanol–water partition coefficient (Wildman–Crippen LogP) is 1.91. The van der Waals surface area contributed by atoms with Gasteiger partial charge < -0.3 is 16.2 Å². The Morgan fingerprint density at radius 3 is 3.05 bits per heavy atom. The molecular formula is C13H15N3O2S. The number of aromatic nitrogens is 1. The third kappa shape index (κ3) is 3.30. The van der Waals surface area contributed by atoms with E-state index in [0.29, 0.717) is 24.3 Å². The van der Waals surface area contributed by atoms with Crippen molar-refractivity contribution in [1.82, 2.24) is 4.98 Å². The maximum atomic E-state index is 12.0. The van der Waals surface area contributed by atoms with Gasteiger partial charge in [-0.2, -0.15) is 0 Å². The van der Waals surface area contributed by atoms with E-state index in [1.54, 1.807) is 23.6 Å². The number of hydrogen-bond donors (Lipinski definition) is 3. The topological polar surface area (TPSA) is 88.2 Å². The first-order chi connectivity index (χ1) is 9.10. The molecule has 6 heteroatoms. The summed E-state index contributed by atoms with van der Waals surface area (Å²) in [6.07, 6.45) is 0.660. The van der Waals surface area contributed by atoms with Gasteiger partial charge in [0.1, 0.15) is 11.4 Å². The number of carbonyl (C=O) groups excluding carboxylic acids is 1. The second-order valence-electron chi connectivity index (χ2n) is 4.14.